The van der Waals surface area contributed by atoms with E-state index in [4.69, 9.17) is 5.26 Å². The van der Waals surface area contributed by atoms with Gasteiger partial charge < -0.3 is 0 Å². The summed E-state index contributed by atoms with van der Waals surface area (Å²) in [5, 5.41) is 9.37. The first kappa shape index (κ1) is 19.6. The van der Waals surface area contributed by atoms with E-state index in [0.717, 1.165) is 48.7 Å². The monoisotopic (exact) mass is 424 g/mol. The molecule has 0 fully saturated rings. The second kappa shape index (κ2) is 7.28. The van der Waals surface area contributed by atoms with E-state index >= 15 is 0 Å². The normalized spacial score (nSPS) is 11.4. The summed E-state index contributed by atoms with van der Waals surface area (Å²) in [4.78, 5) is 3.35. The third kappa shape index (κ3) is 3.40. The fourth-order valence-electron chi connectivity index (χ4n) is 3.18. The summed E-state index contributed by atoms with van der Waals surface area (Å²) < 4.78 is 67.7. The van der Waals surface area contributed by atoms with Gasteiger partial charge in [-0.05, 0) is 48.0 Å². The number of hydrogen-bond acceptors (Lipinski definition) is 4. The van der Waals surface area contributed by atoms with Crippen molar-refractivity contribution in [1.82, 2.24) is 4.98 Å². The van der Waals surface area contributed by atoms with Crippen molar-refractivity contribution in [3.63, 3.8) is 0 Å². The summed E-state index contributed by atoms with van der Waals surface area (Å²) in [6.45, 7) is 0. The zero-order valence-corrected chi connectivity index (χ0v) is 15.9. The highest BCUT2D eigenvalue weighted by Crippen LogP contribution is 2.37. The highest BCUT2D eigenvalue weighted by molar-refractivity contribution is 7.91. The molecule has 0 spiro atoms. The molecule has 0 saturated carbocycles. The van der Waals surface area contributed by atoms with Crippen molar-refractivity contribution in [3.8, 4) is 17.2 Å². The first-order chi connectivity index (χ1) is 14.3. The fraction of sp³-hybridized carbons (Fsp3) is 0. The molecule has 148 valence electrons. The molecule has 1 heterocycles. The minimum absolute atomic E-state index is 0.160. The Kier molecular flexibility index (Phi) is 4.76. The van der Waals surface area contributed by atoms with Gasteiger partial charge in [0.05, 0.1) is 26.9 Å². The number of hydrogen-bond donors (Lipinski definition) is 0. The van der Waals surface area contributed by atoms with Crippen LogP contribution in [0.3, 0.4) is 0 Å². The molecule has 0 aliphatic carbocycles. The van der Waals surface area contributed by atoms with Crippen molar-refractivity contribution >= 4 is 20.7 Å². The number of rotatable bonds is 3. The second-order valence-corrected chi connectivity index (χ2v) is 8.37. The highest BCUT2D eigenvalue weighted by Gasteiger charge is 2.26. The number of pyridine rings is 1. The molecule has 0 atom stereocenters. The molecule has 4 nitrogen and oxygen atoms in total. The predicted molar refractivity (Wildman–Crippen MR) is 104 cm³/mol. The molecule has 0 N–H and O–H groups in total. The zero-order chi connectivity index (χ0) is 21.5. The van der Waals surface area contributed by atoms with Crippen LogP contribution < -0.4 is 0 Å². The Morgan fingerprint density at radius 3 is 2.23 bits per heavy atom. The Labute approximate surface area is 169 Å². The smallest absolute Gasteiger partial charge is 0.208 e. The van der Waals surface area contributed by atoms with Crippen LogP contribution >= 0.6 is 0 Å². The van der Waals surface area contributed by atoms with Gasteiger partial charge in [0.15, 0.2) is 0 Å². The van der Waals surface area contributed by atoms with E-state index in [1.807, 2.05) is 0 Å². The number of sulfone groups is 1. The molecular weight excluding hydrogens is 413 g/mol. The molecule has 0 aliphatic rings. The van der Waals surface area contributed by atoms with Crippen LogP contribution in [0.25, 0.3) is 22.0 Å². The van der Waals surface area contributed by atoms with Crippen LogP contribution in [-0.2, 0) is 9.84 Å². The quantitative estimate of drug-likeness (QED) is 0.463. The van der Waals surface area contributed by atoms with E-state index < -0.39 is 32.2 Å². The molecule has 0 amide bonds. The number of aromatic nitrogens is 1. The number of nitriles is 1. The average Bonchev–Trinajstić information content (AvgIpc) is 2.72. The number of benzene rings is 3. The second-order valence-electron chi connectivity index (χ2n) is 6.46. The molecular formula is C22H11F3N2O2S. The maximum atomic E-state index is 13.9. The summed E-state index contributed by atoms with van der Waals surface area (Å²) in [5.41, 5.74) is 0.562. The molecule has 4 rings (SSSR count). The maximum absolute atomic E-state index is 13.9. The van der Waals surface area contributed by atoms with Gasteiger partial charge in [0.25, 0.3) is 0 Å². The van der Waals surface area contributed by atoms with Crippen molar-refractivity contribution < 1.29 is 21.6 Å². The molecule has 0 unspecified atom stereocenters. The Morgan fingerprint density at radius 1 is 0.833 bits per heavy atom. The van der Waals surface area contributed by atoms with Gasteiger partial charge >= 0.3 is 0 Å². The fourth-order valence-corrected chi connectivity index (χ4v) is 4.67. The minimum Gasteiger partial charge on any atom is -0.255 e. The van der Waals surface area contributed by atoms with Gasteiger partial charge in [0.1, 0.15) is 17.5 Å². The minimum atomic E-state index is -4.33. The van der Waals surface area contributed by atoms with Gasteiger partial charge in [0.2, 0.25) is 9.84 Å². The van der Waals surface area contributed by atoms with E-state index in [1.165, 1.54) is 18.2 Å². The summed E-state index contributed by atoms with van der Waals surface area (Å²) in [5.74, 6) is -1.96. The highest BCUT2D eigenvalue weighted by atomic mass is 32.2. The van der Waals surface area contributed by atoms with Crippen LogP contribution in [-0.4, -0.2) is 13.4 Å². The van der Waals surface area contributed by atoms with Gasteiger partial charge in [-0.1, -0.05) is 12.1 Å². The molecule has 0 aliphatic heterocycles. The van der Waals surface area contributed by atoms with E-state index in [-0.39, 0.29) is 21.5 Å². The molecule has 8 heteroatoms. The van der Waals surface area contributed by atoms with E-state index in [1.54, 1.807) is 6.07 Å². The number of fused-ring (bicyclic) bond motifs is 1. The largest absolute Gasteiger partial charge is 0.255 e. The van der Waals surface area contributed by atoms with Crippen LogP contribution in [0.2, 0.25) is 0 Å². The molecule has 0 saturated heterocycles. The standard InChI is InChI=1S/C22H11F3N2O2S/c23-15-3-1-14(2-4-15)22-19-6-5-16(24)10-20(19)27-12-21(22)30(28,29)18-8-13(11-26)7-17(25)9-18/h1-10,12H. The average molecular weight is 424 g/mol. The van der Waals surface area contributed by atoms with Crippen molar-refractivity contribution in [1.29, 1.82) is 5.26 Å². The molecule has 1 aromatic heterocycles. The summed E-state index contributed by atoms with van der Waals surface area (Å²) in [6.07, 6.45) is 1.05. The predicted octanol–water partition coefficient (Wildman–Crippen LogP) is 5.02. The van der Waals surface area contributed by atoms with E-state index in [9.17, 15) is 21.6 Å². The van der Waals surface area contributed by atoms with Gasteiger partial charge in [-0.2, -0.15) is 5.26 Å². The van der Waals surface area contributed by atoms with Crippen molar-refractivity contribution in [2.24, 2.45) is 0 Å². The third-order valence-electron chi connectivity index (χ3n) is 4.53. The number of halogens is 3. The van der Waals surface area contributed by atoms with Crippen molar-refractivity contribution in [3.05, 3.63) is 89.9 Å². The van der Waals surface area contributed by atoms with Crippen molar-refractivity contribution in [2.75, 3.05) is 0 Å². The Morgan fingerprint density at radius 2 is 1.53 bits per heavy atom. The lowest BCUT2D eigenvalue weighted by atomic mass is 10.0. The molecule has 0 bridgehead atoms. The van der Waals surface area contributed by atoms with Gasteiger partial charge in [-0.25, -0.2) is 21.6 Å². The first-order valence-electron chi connectivity index (χ1n) is 8.59. The summed E-state index contributed by atoms with van der Waals surface area (Å²) >= 11 is 0. The van der Waals surface area contributed by atoms with Gasteiger partial charge in [-0.3, -0.25) is 4.98 Å². The zero-order valence-electron chi connectivity index (χ0n) is 15.1. The topological polar surface area (TPSA) is 70.8 Å². The maximum Gasteiger partial charge on any atom is 0.208 e. The lowest BCUT2D eigenvalue weighted by Gasteiger charge is -2.14. The molecule has 3 aromatic carbocycles. The van der Waals surface area contributed by atoms with E-state index in [0.29, 0.717) is 10.9 Å². The Hall–Kier alpha value is -3.70. The lowest BCUT2D eigenvalue weighted by Crippen LogP contribution is -2.07. The Balaban J connectivity index is 2.07. The van der Waals surface area contributed by atoms with Crippen LogP contribution in [0.5, 0.6) is 0 Å². The van der Waals surface area contributed by atoms with Crippen molar-refractivity contribution in [2.45, 2.75) is 9.79 Å². The third-order valence-corrected chi connectivity index (χ3v) is 6.27. The van der Waals surface area contributed by atoms with Gasteiger partial charge in [-0.15, -0.1) is 0 Å². The first-order valence-corrected chi connectivity index (χ1v) is 10.1. The van der Waals surface area contributed by atoms with Gasteiger partial charge in [0, 0.05) is 23.2 Å². The summed E-state index contributed by atoms with van der Waals surface area (Å²) in [6, 6.07) is 13.3. The van der Waals surface area contributed by atoms with E-state index in [2.05, 4.69) is 4.98 Å². The van der Waals surface area contributed by atoms with Crippen LogP contribution in [0.1, 0.15) is 5.56 Å². The SMILES string of the molecule is N#Cc1cc(F)cc(S(=O)(=O)c2cnc3cc(F)ccc3c2-c2ccc(F)cc2)c1. The summed E-state index contributed by atoms with van der Waals surface area (Å²) in [7, 11) is -4.33. The van der Waals surface area contributed by atoms with Crippen LogP contribution in [0.15, 0.2) is 76.7 Å². The van der Waals surface area contributed by atoms with Crippen LogP contribution in [0.4, 0.5) is 13.2 Å². The molecule has 0 radical (unpaired) electrons. The molecule has 4 aromatic rings. The van der Waals surface area contributed by atoms with Crippen LogP contribution in [0, 0.1) is 28.8 Å². The Bertz CT molecular complexity index is 1440. The number of nitrogens with zero attached hydrogens (tertiary/aromatic N) is 2. The molecule has 30 heavy (non-hydrogen) atoms. The lowest BCUT2D eigenvalue weighted by molar-refractivity contribution is 0.590.